The molecule has 0 spiro atoms. The smallest absolute Gasteiger partial charge is 0.165 e. The summed E-state index contributed by atoms with van der Waals surface area (Å²) in [5.41, 5.74) is 0.682. The van der Waals surface area contributed by atoms with Crippen LogP contribution in [0.2, 0.25) is 0 Å². The second kappa shape index (κ2) is 7.81. The third kappa shape index (κ3) is 4.97. The largest absolute Gasteiger partial charge is 0.497 e. The fraction of sp³-hybridized carbons (Fsp3) is 0.462. The molecule has 4 heteroatoms. The monoisotopic (exact) mass is 238 g/mol. The van der Waals surface area contributed by atoms with Gasteiger partial charge >= 0.3 is 0 Å². The van der Waals surface area contributed by atoms with Crippen molar-refractivity contribution in [3.8, 4) is 5.75 Å². The quantitative estimate of drug-likeness (QED) is 0.513. The van der Waals surface area contributed by atoms with Gasteiger partial charge in [-0.15, -0.1) is 0 Å². The molecule has 0 aliphatic rings. The van der Waals surface area contributed by atoms with Crippen LogP contribution >= 0.6 is 0 Å². The summed E-state index contributed by atoms with van der Waals surface area (Å²) in [7, 11) is 3.21. The molecule has 0 atom stereocenters. The molecule has 1 rings (SSSR count). The Kier molecular flexibility index (Phi) is 6.29. The second-order valence-electron chi connectivity index (χ2n) is 3.51. The van der Waals surface area contributed by atoms with E-state index in [0.29, 0.717) is 31.8 Å². The Morgan fingerprint density at radius 2 is 1.76 bits per heavy atom. The molecule has 0 aliphatic heterocycles. The number of rotatable bonds is 8. The van der Waals surface area contributed by atoms with Crippen LogP contribution in [0.4, 0.5) is 0 Å². The van der Waals surface area contributed by atoms with Crippen molar-refractivity contribution in [2.24, 2.45) is 0 Å². The number of benzene rings is 1. The molecule has 0 fully saturated rings. The Bertz CT molecular complexity index is 332. The molecule has 0 heterocycles. The van der Waals surface area contributed by atoms with E-state index in [0.717, 1.165) is 5.75 Å². The lowest BCUT2D eigenvalue weighted by molar-refractivity contribution is 0.0641. The van der Waals surface area contributed by atoms with Crippen LogP contribution in [0, 0.1) is 0 Å². The summed E-state index contributed by atoms with van der Waals surface area (Å²) < 4.78 is 15.1. The van der Waals surface area contributed by atoms with E-state index in [1.54, 1.807) is 38.5 Å². The number of hydrogen-bond donors (Lipinski definition) is 0. The highest BCUT2D eigenvalue weighted by atomic mass is 16.5. The van der Waals surface area contributed by atoms with Crippen molar-refractivity contribution in [2.45, 2.75) is 6.42 Å². The van der Waals surface area contributed by atoms with Gasteiger partial charge in [-0.25, -0.2) is 0 Å². The van der Waals surface area contributed by atoms with Crippen molar-refractivity contribution in [3.05, 3.63) is 29.8 Å². The van der Waals surface area contributed by atoms with Gasteiger partial charge in [0, 0.05) is 19.1 Å². The van der Waals surface area contributed by atoms with Gasteiger partial charge in [-0.3, -0.25) is 4.79 Å². The summed E-state index contributed by atoms with van der Waals surface area (Å²) in [5.74, 6) is 0.822. The van der Waals surface area contributed by atoms with Crippen molar-refractivity contribution in [1.29, 1.82) is 0 Å². The first-order valence-corrected chi connectivity index (χ1v) is 5.52. The normalized spacial score (nSPS) is 10.2. The number of carbonyl (C=O) groups is 1. The highest BCUT2D eigenvalue weighted by molar-refractivity contribution is 5.96. The number of ketones is 1. The average molecular weight is 238 g/mol. The minimum absolute atomic E-state index is 0.0741. The Morgan fingerprint density at radius 3 is 2.35 bits per heavy atom. The molecule has 0 aliphatic carbocycles. The average Bonchev–Trinajstić information content (AvgIpc) is 2.38. The lowest BCUT2D eigenvalue weighted by atomic mass is 10.1. The van der Waals surface area contributed by atoms with Gasteiger partial charge in [-0.05, 0) is 24.3 Å². The maximum Gasteiger partial charge on any atom is 0.165 e. The summed E-state index contributed by atoms with van der Waals surface area (Å²) in [6.45, 7) is 1.50. The van der Waals surface area contributed by atoms with Crippen molar-refractivity contribution in [3.63, 3.8) is 0 Å². The SMILES string of the molecule is COCCOCCC(=O)c1ccc(OC)cc1. The Balaban J connectivity index is 2.31. The van der Waals surface area contributed by atoms with Gasteiger partial charge in [0.2, 0.25) is 0 Å². The summed E-state index contributed by atoms with van der Waals surface area (Å²) in [5, 5.41) is 0. The molecule has 1 aromatic rings. The molecule has 0 saturated heterocycles. The van der Waals surface area contributed by atoms with E-state index >= 15 is 0 Å². The third-order valence-corrected chi connectivity index (χ3v) is 2.32. The number of methoxy groups -OCH3 is 2. The number of ether oxygens (including phenoxy) is 3. The Morgan fingerprint density at radius 1 is 1.06 bits per heavy atom. The molecule has 0 aromatic heterocycles. The molecule has 0 bridgehead atoms. The van der Waals surface area contributed by atoms with E-state index in [1.807, 2.05) is 0 Å². The number of carbonyl (C=O) groups excluding carboxylic acids is 1. The van der Waals surface area contributed by atoms with Crippen molar-refractivity contribution in [2.75, 3.05) is 34.0 Å². The molecule has 1 aromatic carbocycles. The predicted octanol–water partition coefficient (Wildman–Crippen LogP) is 1.93. The zero-order valence-electron chi connectivity index (χ0n) is 10.3. The predicted molar refractivity (Wildman–Crippen MR) is 64.6 cm³/mol. The van der Waals surface area contributed by atoms with Crippen LogP contribution in [-0.4, -0.2) is 39.8 Å². The fourth-order valence-electron chi connectivity index (χ4n) is 1.33. The first kappa shape index (κ1) is 13.7. The van der Waals surface area contributed by atoms with E-state index in [9.17, 15) is 4.79 Å². The lowest BCUT2D eigenvalue weighted by Crippen LogP contribution is -2.08. The molecule has 0 saturated carbocycles. The maximum absolute atomic E-state index is 11.7. The lowest BCUT2D eigenvalue weighted by Gasteiger charge is -2.04. The minimum Gasteiger partial charge on any atom is -0.497 e. The standard InChI is InChI=1S/C13H18O4/c1-15-9-10-17-8-7-13(14)11-3-5-12(16-2)6-4-11/h3-6H,7-10H2,1-2H3. The molecule has 4 nitrogen and oxygen atoms in total. The summed E-state index contributed by atoms with van der Waals surface area (Å²) in [6, 6.07) is 7.07. The molecule has 17 heavy (non-hydrogen) atoms. The molecule has 0 N–H and O–H groups in total. The van der Waals surface area contributed by atoms with Crippen LogP contribution in [0.5, 0.6) is 5.75 Å². The third-order valence-electron chi connectivity index (χ3n) is 2.32. The van der Waals surface area contributed by atoms with Gasteiger partial charge in [0.25, 0.3) is 0 Å². The molecule has 0 unspecified atom stereocenters. The first-order valence-electron chi connectivity index (χ1n) is 5.52. The Labute approximate surface area is 101 Å². The van der Waals surface area contributed by atoms with Gasteiger partial charge in [-0.1, -0.05) is 0 Å². The molecule has 0 radical (unpaired) electrons. The summed E-state index contributed by atoms with van der Waals surface area (Å²) in [6.07, 6.45) is 0.385. The topological polar surface area (TPSA) is 44.8 Å². The summed E-state index contributed by atoms with van der Waals surface area (Å²) in [4.78, 5) is 11.7. The van der Waals surface area contributed by atoms with Crippen molar-refractivity contribution in [1.82, 2.24) is 0 Å². The van der Waals surface area contributed by atoms with Gasteiger partial charge in [0.1, 0.15) is 5.75 Å². The van der Waals surface area contributed by atoms with Gasteiger partial charge in [-0.2, -0.15) is 0 Å². The van der Waals surface area contributed by atoms with E-state index in [4.69, 9.17) is 14.2 Å². The fourth-order valence-corrected chi connectivity index (χ4v) is 1.33. The van der Waals surface area contributed by atoms with Crippen LogP contribution in [0.25, 0.3) is 0 Å². The van der Waals surface area contributed by atoms with Gasteiger partial charge < -0.3 is 14.2 Å². The van der Waals surface area contributed by atoms with Crippen molar-refractivity contribution < 1.29 is 19.0 Å². The van der Waals surface area contributed by atoms with E-state index in [-0.39, 0.29) is 5.78 Å². The highest BCUT2D eigenvalue weighted by Gasteiger charge is 2.05. The van der Waals surface area contributed by atoms with Crippen LogP contribution in [-0.2, 0) is 9.47 Å². The van der Waals surface area contributed by atoms with Crippen LogP contribution in [0.1, 0.15) is 16.8 Å². The van der Waals surface area contributed by atoms with E-state index < -0.39 is 0 Å². The number of hydrogen-bond acceptors (Lipinski definition) is 4. The zero-order chi connectivity index (χ0) is 12.5. The van der Waals surface area contributed by atoms with E-state index in [2.05, 4.69) is 0 Å². The van der Waals surface area contributed by atoms with Crippen LogP contribution < -0.4 is 4.74 Å². The van der Waals surface area contributed by atoms with Gasteiger partial charge in [0.05, 0.1) is 26.9 Å². The molecule has 94 valence electrons. The maximum atomic E-state index is 11.7. The molecular formula is C13H18O4. The van der Waals surface area contributed by atoms with Gasteiger partial charge in [0.15, 0.2) is 5.78 Å². The number of Topliss-reactive ketones (excluding diaryl/α,β-unsaturated/α-hetero) is 1. The van der Waals surface area contributed by atoms with Crippen LogP contribution in [0.15, 0.2) is 24.3 Å². The van der Waals surface area contributed by atoms with Crippen molar-refractivity contribution >= 4 is 5.78 Å². The second-order valence-corrected chi connectivity index (χ2v) is 3.51. The minimum atomic E-state index is 0.0741. The molecular weight excluding hydrogens is 220 g/mol. The highest BCUT2D eigenvalue weighted by Crippen LogP contribution is 2.12. The summed E-state index contributed by atoms with van der Waals surface area (Å²) >= 11 is 0. The first-order chi connectivity index (χ1) is 8.27. The van der Waals surface area contributed by atoms with Crippen LogP contribution in [0.3, 0.4) is 0 Å². The Hall–Kier alpha value is -1.39. The van der Waals surface area contributed by atoms with E-state index in [1.165, 1.54) is 0 Å². The molecule has 0 amide bonds. The zero-order valence-corrected chi connectivity index (χ0v) is 10.3.